The predicted molar refractivity (Wildman–Crippen MR) is 65.3 cm³/mol. The predicted octanol–water partition coefficient (Wildman–Crippen LogP) is -4.27. The summed E-state index contributed by atoms with van der Waals surface area (Å²) >= 11 is 0. The lowest BCUT2D eigenvalue weighted by Crippen LogP contribution is -2.57. The molecule has 0 spiro atoms. The van der Waals surface area contributed by atoms with Crippen molar-refractivity contribution in [3.63, 3.8) is 0 Å². The highest BCUT2D eigenvalue weighted by atomic mass is 16.4. The van der Waals surface area contributed by atoms with Crippen molar-refractivity contribution < 1.29 is 34.8 Å². The van der Waals surface area contributed by atoms with Crippen LogP contribution in [-0.4, -0.2) is 75.7 Å². The molecular weight excluding hydrogens is 274 g/mol. The van der Waals surface area contributed by atoms with Crippen LogP contribution in [0.1, 0.15) is 6.92 Å². The van der Waals surface area contributed by atoms with Crippen LogP contribution in [0.5, 0.6) is 0 Å². The number of aliphatic hydroxyl groups is 3. The molecule has 20 heavy (non-hydrogen) atoms. The molecule has 10 heteroatoms. The Morgan fingerprint density at radius 3 is 1.85 bits per heavy atom. The molecule has 8 N–H and O–H groups in total. The van der Waals surface area contributed by atoms with Gasteiger partial charge in [-0.1, -0.05) is 0 Å². The van der Waals surface area contributed by atoms with E-state index in [-0.39, 0.29) is 0 Å². The third-order valence-electron chi connectivity index (χ3n) is 2.44. The van der Waals surface area contributed by atoms with Gasteiger partial charge in [-0.3, -0.25) is 9.59 Å². The second-order valence-electron chi connectivity index (χ2n) is 4.09. The number of aliphatic carboxylic acids is 1. The largest absolute Gasteiger partial charge is 0.480 e. The van der Waals surface area contributed by atoms with Crippen molar-refractivity contribution in [1.29, 1.82) is 0 Å². The molecule has 0 fully saturated rings. The summed E-state index contributed by atoms with van der Waals surface area (Å²) in [6.07, 6.45) is -1.17. The molecule has 0 aliphatic carbocycles. The number of carboxylic acid groups (broad SMARTS) is 1. The van der Waals surface area contributed by atoms with E-state index in [0.717, 1.165) is 0 Å². The van der Waals surface area contributed by atoms with Crippen LogP contribution < -0.4 is 16.4 Å². The lowest BCUT2D eigenvalue weighted by atomic mass is 10.1. The number of nitrogens with two attached hydrogens (primary N) is 1. The number of amides is 2. The quantitative estimate of drug-likeness (QED) is 0.234. The third-order valence-corrected chi connectivity index (χ3v) is 2.44. The Balaban J connectivity index is 4.64. The maximum Gasteiger partial charge on any atom is 0.328 e. The van der Waals surface area contributed by atoms with E-state index in [4.69, 9.17) is 26.2 Å². The zero-order valence-electron chi connectivity index (χ0n) is 10.8. The first-order valence-corrected chi connectivity index (χ1v) is 5.73. The highest BCUT2D eigenvalue weighted by Crippen LogP contribution is 1.93. The maximum absolute atomic E-state index is 11.6. The summed E-state index contributed by atoms with van der Waals surface area (Å²) in [6.45, 7) is -0.382. The minimum Gasteiger partial charge on any atom is -0.480 e. The molecule has 0 bridgehead atoms. The summed E-state index contributed by atoms with van der Waals surface area (Å²) < 4.78 is 0. The van der Waals surface area contributed by atoms with E-state index in [1.807, 2.05) is 5.32 Å². The van der Waals surface area contributed by atoms with Crippen molar-refractivity contribution in [2.75, 3.05) is 13.2 Å². The van der Waals surface area contributed by atoms with E-state index in [0.29, 0.717) is 0 Å². The van der Waals surface area contributed by atoms with Crippen LogP contribution in [0, 0.1) is 0 Å². The number of aliphatic hydroxyl groups excluding tert-OH is 3. The van der Waals surface area contributed by atoms with Gasteiger partial charge in [0.15, 0.2) is 0 Å². The molecule has 0 saturated heterocycles. The molecule has 10 nitrogen and oxygen atoms in total. The second-order valence-corrected chi connectivity index (χ2v) is 4.09. The van der Waals surface area contributed by atoms with Gasteiger partial charge < -0.3 is 36.8 Å². The van der Waals surface area contributed by atoms with Crippen molar-refractivity contribution in [2.45, 2.75) is 31.2 Å². The summed E-state index contributed by atoms with van der Waals surface area (Å²) in [5.41, 5.74) is 5.33. The number of carboxylic acids is 1. The van der Waals surface area contributed by atoms with E-state index in [9.17, 15) is 14.4 Å². The first-order chi connectivity index (χ1) is 9.24. The molecule has 0 aromatic heterocycles. The SMILES string of the molecule is CC(O)C(N)C(=O)NC(CO)C(=O)NC(CO)C(=O)O. The summed E-state index contributed by atoms with van der Waals surface area (Å²) in [7, 11) is 0. The Morgan fingerprint density at radius 1 is 1.05 bits per heavy atom. The van der Waals surface area contributed by atoms with Gasteiger partial charge in [-0.2, -0.15) is 0 Å². The van der Waals surface area contributed by atoms with E-state index in [2.05, 4.69) is 5.32 Å². The van der Waals surface area contributed by atoms with Crippen LogP contribution >= 0.6 is 0 Å². The van der Waals surface area contributed by atoms with Crippen molar-refractivity contribution in [1.82, 2.24) is 10.6 Å². The van der Waals surface area contributed by atoms with Crippen LogP contribution in [0.2, 0.25) is 0 Å². The average Bonchev–Trinajstić information content (AvgIpc) is 2.39. The number of hydrogen-bond acceptors (Lipinski definition) is 7. The summed E-state index contributed by atoms with van der Waals surface area (Å²) in [4.78, 5) is 33.7. The van der Waals surface area contributed by atoms with Gasteiger partial charge in [0.05, 0.1) is 19.3 Å². The van der Waals surface area contributed by atoms with Crippen LogP contribution in [0.25, 0.3) is 0 Å². The smallest absolute Gasteiger partial charge is 0.328 e. The van der Waals surface area contributed by atoms with E-state index in [1.165, 1.54) is 6.92 Å². The Bertz CT molecular complexity index is 361. The van der Waals surface area contributed by atoms with Gasteiger partial charge >= 0.3 is 5.97 Å². The zero-order chi connectivity index (χ0) is 15.9. The summed E-state index contributed by atoms with van der Waals surface area (Å²) in [6, 6.07) is -4.30. The van der Waals surface area contributed by atoms with Crippen molar-refractivity contribution in [3.8, 4) is 0 Å². The van der Waals surface area contributed by atoms with Gasteiger partial charge in [0.1, 0.15) is 18.1 Å². The molecule has 0 aromatic rings. The van der Waals surface area contributed by atoms with Gasteiger partial charge in [0.2, 0.25) is 11.8 Å². The van der Waals surface area contributed by atoms with Crippen molar-refractivity contribution >= 4 is 17.8 Å². The molecule has 0 radical (unpaired) electrons. The van der Waals surface area contributed by atoms with Gasteiger partial charge in [0, 0.05) is 0 Å². The molecule has 0 heterocycles. The fraction of sp³-hybridized carbons (Fsp3) is 0.700. The van der Waals surface area contributed by atoms with Gasteiger partial charge in [0.25, 0.3) is 0 Å². The van der Waals surface area contributed by atoms with Crippen LogP contribution in [0.15, 0.2) is 0 Å². The standard InChI is InChI=1S/C10H19N3O7/c1-4(16)7(11)9(18)12-5(2-14)8(17)13-6(3-15)10(19)20/h4-7,14-16H,2-3,11H2,1H3,(H,12,18)(H,13,17)(H,19,20). The van der Waals surface area contributed by atoms with Crippen LogP contribution in [0.4, 0.5) is 0 Å². The normalized spacial score (nSPS) is 16.6. The molecule has 4 atom stereocenters. The third kappa shape index (κ3) is 5.48. The number of rotatable bonds is 8. The van der Waals surface area contributed by atoms with Crippen molar-refractivity contribution in [3.05, 3.63) is 0 Å². The van der Waals surface area contributed by atoms with Gasteiger partial charge in [-0.25, -0.2) is 4.79 Å². The number of hydrogen-bond donors (Lipinski definition) is 7. The molecular formula is C10H19N3O7. The second kappa shape index (κ2) is 8.43. The number of nitrogens with one attached hydrogen (secondary N) is 2. The topological polar surface area (TPSA) is 182 Å². The number of carbonyl (C=O) groups is 3. The van der Waals surface area contributed by atoms with Crippen LogP contribution in [0.3, 0.4) is 0 Å². The molecule has 0 saturated carbocycles. The molecule has 0 aromatic carbocycles. The Hall–Kier alpha value is -1.75. The minimum atomic E-state index is -1.56. The lowest BCUT2D eigenvalue weighted by molar-refractivity contribution is -0.143. The molecule has 116 valence electrons. The lowest BCUT2D eigenvalue weighted by Gasteiger charge is -2.21. The molecule has 4 unspecified atom stereocenters. The zero-order valence-corrected chi connectivity index (χ0v) is 10.8. The monoisotopic (exact) mass is 293 g/mol. The Labute approximate surface area is 114 Å². The first-order valence-electron chi connectivity index (χ1n) is 5.73. The molecule has 2 amide bonds. The molecule has 0 aliphatic heterocycles. The molecule has 0 aliphatic rings. The van der Waals surface area contributed by atoms with Crippen LogP contribution in [-0.2, 0) is 14.4 Å². The highest BCUT2D eigenvalue weighted by molar-refractivity contribution is 5.92. The summed E-state index contributed by atoms with van der Waals surface area (Å²) in [5, 5.41) is 39.5. The van der Waals surface area contributed by atoms with E-state index in [1.54, 1.807) is 0 Å². The first kappa shape index (κ1) is 18.2. The summed E-state index contributed by atoms with van der Waals surface area (Å²) in [5.74, 6) is -3.35. The van der Waals surface area contributed by atoms with E-state index < -0.39 is 55.2 Å². The van der Waals surface area contributed by atoms with Gasteiger partial charge in [-0.05, 0) is 6.92 Å². The fourth-order valence-electron chi connectivity index (χ4n) is 1.14. The number of carbonyl (C=O) groups excluding carboxylic acids is 2. The van der Waals surface area contributed by atoms with Gasteiger partial charge in [-0.15, -0.1) is 0 Å². The van der Waals surface area contributed by atoms with Crippen molar-refractivity contribution in [2.24, 2.45) is 5.73 Å². The van der Waals surface area contributed by atoms with E-state index >= 15 is 0 Å². The highest BCUT2D eigenvalue weighted by Gasteiger charge is 2.28. The Kier molecular flexibility index (Phi) is 7.69. The fourth-order valence-corrected chi connectivity index (χ4v) is 1.14. The Morgan fingerprint density at radius 2 is 1.50 bits per heavy atom. The average molecular weight is 293 g/mol. The molecule has 0 rings (SSSR count). The minimum absolute atomic E-state index is 0.804. The maximum atomic E-state index is 11.6.